The molecule has 1 heterocycles. The molecular formula is C14H19NO3S. The second-order valence-electron chi connectivity index (χ2n) is 4.56. The van der Waals surface area contributed by atoms with Crippen LogP contribution in [0.2, 0.25) is 0 Å². The maximum absolute atomic E-state index is 11.7. The van der Waals surface area contributed by atoms with Crippen LogP contribution in [0, 0.1) is 5.92 Å². The summed E-state index contributed by atoms with van der Waals surface area (Å²) in [5.41, 5.74) is 0. The largest absolute Gasteiger partial charge is 0.467 e. The number of carbonyl (C=O) groups is 2. The van der Waals surface area contributed by atoms with Gasteiger partial charge in [-0.1, -0.05) is 19.9 Å². The maximum atomic E-state index is 11.7. The van der Waals surface area contributed by atoms with Gasteiger partial charge in [-0.15, -0.1) is 11.3 Å². The second kappa shape index (κ2) is 7.74. The first kappa shape index (κ1) is 15.4. The average Bonchev–Trinajstić information content (AvgIpc) is 2.87. The smallest absolute Gasteiger partial charge is 0.328 e. The number of amides is 1. The molecule has 1 atom stereocenters. The predicted molar refractivity (Wildman–Crippen MR) is 76.8 cm³/mol. The lowest BCUT2D eigenvalue weighted by Crippen LogP contribution is -2.41. The molecule has 19 heavy (non-hydrogen) atoms. The molecule has 4 nitrogen and oxygen atoms in total. The van der Waals surface area contributed by atoms with Crippen molar-refractivity contribution in [2.45, 2.75) is 26.3 Å². The first-order valence-corrected chi connectivity index (χ1v) is 7.00. The van der Waals surface area contributed by atoms with E-state index < -0.39 is 12.0 Å². The molecule has 1 N–H and O–H groups in total. The average molecular weight is 281 g/mol. The summed E-state index contributed by atoms with van der Waals surface area (Å²) in [6.45, 7) is 3.98. The van der Waals surface area contributed by atoms with Crippen LogP contribution in [0.1, 0.15) is 25.1 Å². The third kappa shape index (κ3) is 5.70. The lowest BCUT2D eigenvalue weighted by atomic mass is 10.0. The van der Waals surface area contributed by atoms with Gasteiger partial charge in [-0.2, -0.15) is 0 Å². The molecule has 0 aliphatic rings. The van der Waals surface area contributed by atoms with E-state index in [-0.39, 0.29) is 5.91 Å². The number of rotatable bonds is 6. The van der Waals surface area contributed by atoms with Crippen LogP contribution in [-0.4, -0.2) is 25.0 Å². The molecule has 0 radical (unpaired) electrons. The molecule has 0 saturated carbocycles. The van der Waals surface area contributed by atoms with Crippen molar-refractivity contribution in [1.82, 2.24) is 5.32 Å². The molecule has 0 aliphatic heterocycles. The summed E-state index contributed by atoms with van der Waals surface area (Å²) >= 11 is 1.55. The van der Waals surface area contributed by atoms with Gasteiger partial charge in [-0.25, -0.2) is 4.79 Å². The molecule has 1 rings (SSSR count). The zero-order chi connectivity index (χ0) is 14.3. The Morgan fingerprint density at radius 2 is 2.21 bits per heavy atom. The molecule has 0 bridgehead atoms. The van der Waals surface area contributed by atoms with Crippen molar-refractivity contribution in [2.75, 3.05) is 7.11 Å². The number of esters is 1. The SMILES string of the molecule is COC(=O)[C@@H](CC(C)C)NC(=O)/C=C/c1cccs1. The van der Waals surface area contributed by atoms with E-state index in [9.17, 15) is 9.59 Å². The Hall–Kier alpha value is -1.62. The van der Waals surface area contributed by atoms with E-state index in [4.69, 9.17) is 0 Å². The number of thiophene rings is 1. The molecule has 5 heteroatoms. The molecule has 0 saturated heterocycles. The van der Waals surface area contributed by atoms with Crippen molar-refractivity contribution in [3.63, 3.8) is 0 Å². The van der Waals surface area contributed by atoms with Crippen molar-refractivity contribution in [2.24, 2.45) is 5.92 Å². The summed E-state index contributed by atoms with van der Waals surface area (Å²) in [6, 6.07) is 3.24. The van der Waals surface area contributed by atoms with Crippen LogP contribution in [0.25, 0.3) is 6.08 Å². The molecule has 1 aromatic heterocycles. The van der Waals surface area contributed by atoms with Gasteiger partial charge in [-0.3, -0.25) is 4.79 Å². The van der Waals surface area contributed by atoms with Gasteiger partial charge in [-0.05, 0) is 29.9 Å². The van der Waals surface area contributed by atoms with Gasteiger partial charge in [0.15, 0.2) is 0 Å². The van der Waals surface area contributed by atoms with Crippen LogP contribution in [0.5, 0.6) is 0 Å². The molecule has 0 unspecified atom stereocenters. The van der Waals surface area contributed by atoms with E-state index in [1.54, 1.807) is 17.4 Å². The fraction of sp³-hybridized carbons (Fsp3) is 0.429. The van der Waals surface area contributed by atoms with E-state index in [1.165, 1.54) is 13.2 Å². The van der Waals surface area contributed by atoms with Gasteiger partial charge < -0.3 is 10.1 Å². The third-order valence-corrected chi connectivity index (χ3v) is 3.29. The second-order valence-corrected chi connectivity index (χ2v) is 5.54. The predicted octanol–water partition coefficient (Wildman–Crippen LogP) is 2.47. The van der Waals surface area contributed by atoms with Crippen molar-refractivity contribution in [3.8, 4) is 0 Å². The van der Waals surface area contributed by atoms with Crippen molar-refractivity contribution in [1.29, 1.82) is 0 Å². The van der Waals surface area contributed by atoms with Crippen LogP contribution in [0.3, 0.4) is 0 Å². The summed E-state index contributed by atoms with van der Waals surface area (Å²) in [6.07, 6.45) is 3.72. The molecule has 1 aromatic rings. The number of carbonyl (C=O) groups excluding carboxylic acids is 2. The highest BCUT2D eigenvalue weighted by Gasteiger charge is 2.21. The summed E-state index contributed by atoms with van der Waals surface area (Å²) in [7, 11) is 1.32. The highest BCUT2D eigenvalue weighted by Crippen LogP contribution is 2.10. The molecule has 0 aromatic carbocycles. The normalized spacial score (nSPS) is 12.6. The number of hydrogen-bond donors (Lipinski definition) is 1. The van der Waals surface area contributed by atoms with Crippen LogP contribution in [0.15, 0.2) is 23.6 Å². The molecule has 0 aliphatic carbocycles. The quantitative estimate of drug-likeness (QED) is 0.644. The molecule has 0 spiro atoms. The van der Waals surface area contributed by atoms with Gasteiger partial charge in [0.25, 0.3) is 0 Å². The first-order chi connectivity index (χ1) is 9.02. The van der Waals surface area contributed by atoms with Gasteiger partial charge in [0.1, 0.15) is 6.04 Å². The van der Waals surface area contributed by atoms with E-state index in [0.717, 1.165) is 4.88 Å². The van der Waals surface area contributed by atoms with Gasteiger partial charge in [0, 0.05) is 11.0 Å². The summed E-state index contributed by atoms with van der Waals surface area (Å²) in [5.74, 6) is -0.401. The maximum Gasteiger partial charge on any atom is 0.328 e. The van der Waals surface area contributed by atoms with Crippen LogP contribution in [-0.2, 0) is 14.3 Å². The zero-order valence-corrected chi connectivity index (χ0v) is 12.2. The fourth-order valence-corrected chi connectivity index (χ4v) is 2.21. The Kier molecular flexibility index (Phi) is 6.29. The summed E-state index contributed by atoms with van der Waals surface area (Å²) < 4.78 is 4.69. The van der Waals surface area contributed by atoms with E-state index in [1.807, 2.05) is 31.4 Å². The van der Waals surface area contributed by atoms with Crippen LogP contribution >= 0.6 is 11.3 Å². The first-order valence-electron chi connectivity index (χ1n) is 6.13. The number of hydrogen-bond acceptors (Lipinski definition) is 4. The summed E-state index contributed by atoms with van der Waals surface area (Å²) in [4.78, 5) is 24.3. The topological polar surface area (TPSA) is 55.4 Å². The monoisotopic (exact) mass is 281 g/mol. The third-order valence-electron chi connectivity index (χ3n) is 2.45. The summed E-state index contributed by atoms with van der Waals surface area (Å²) in [5, 5.41) is 4.60. The minimum Gasteiger partial charge on any atom is -0.467 e. The minimum atomic E-state index is -0.592. The Morgan fingerprint density at radius 1 is 1.47 bits per heavy atom. The lowest BCUT2D eigenvalue weighted by Gasteiger charge is -2.17. The van der Waals surface area contributed by atoms with Crippen LogP contribution in [0.4, 0.5) is 0 Å². The van der Waals surface area contributed by atoms with Gasteiger partial charge >= 0.3 is 5.97 Å². The van der Waals surface area contributed by atoms with Crippen molar-refractivity contribution >= 4 is 29.3 Å². The standard InChI is InChI=1S/C14H19NO3S/c1-10(2)9-12(14(17)18-3)15-13(16)7-6-11-5-4-8-19-11/h4-8,10,12H,9H2,1-3H3,(H,15,16)/b7-6+/t12-/m1/s1. The van der Waals surface area contributed by atoms with E-state index in [2.05, 4.69) is 10.1 Å². The van der Waals surface area contributed by atoms with Gasteiger partial charge in [0.05, 0.1) is 7.11 Å². The fourth-order valence-electron chi connectivity index (χ4n) is 1.59. The minimum absolute atomic E-state index is 0.288. The van der Waals surface area contributed by atoms with Gasteiger partial charge in [0.2, 0.25) is 5.91 Å². The lowest BCUT2D eigenvalue weighted by molar-refractivity contribution is -0.145. The van der Waals surface area contributed by atoms with Crippen molar-refractivity contribution < 1.29 is 14.3 Å². The highest BCUT2D eigenvalue weighted by molar-refractivity contribution is 7.10. The molecule has 104 valence electrons. The van der Waals surface area contributed by atoms with Crippen molar-refractivity contribution in [3.05, 3.63) is 28.5 Å². The zero-order valence-electron chi connectivity index (χ0n) is 11.4. The Morgan fingerprint density at radius 3 is 2.74 bits per heavy atom. The Bertz CT molecular complexity index is 438. The Balaban J connectivity index is 2.58. The molecule has 1 amide bonds. The Labute approximate surface area is 117 Å². The molecular weight excluding hydrogens is 262 g/mol. The van der Waals surface area contributed by atoms with Crippen LogP contribution < -0.4 is 5.32 Å². The van der Waals surface area contributed by atoms with E-state index in [0.29, 0.717) is 12.3 Å². The number of ether oxygens (including phenoxy) is 1. The molecule has 0 fully saturated rings. The number of methoxy groups -OCH3 is 1. The van der Waals surface area contributed by atoms with E-state index >= 15 is 0 Å². The highest BCUT2D eigenvalue weighted by atomic mass is 32.1. The number of nitrogens with one attached hydrogen (secondary N) is 1.